The number of anilines is 1. The molecule has 1 aromatic heterocycles. The summed E-state index contributed by atoms with van der Waals surface area (Å²) in [6.07, 6.45) is 1.58. The highest BCUT2D eigenvalue weighted by atomic mass is 16.5. The summed E-state index contributed by atoms with van der Waals surface area (Å²) in [6.45, 7) is 5.70. The molecular formula is C22H25N4O2+. The lowest BCUT2D eigenvalue weighted by Gasteiger charge is -2.23. The summed E-state index contributed by atoms with van der Waals surface area (Å²) in [5.41, 5.74) is 1.47. The molecule has 0 unspecified atom stereocenters. The number of nitriles is 1. The highest BCUT2D eigenvalue weighted by molar-refractivity contribution is 5.85. The van der Waals surface area contributed by atoms with Gasteiger partial charge in [-0.25, -0.2) is 4.98 Å². The normalized spacial score (nSPS) is 14.8. The van der Waals surface area contributed by atoms with E-state index in [1.165, 1.54) is 10.8 Å². The van der Waals surface area contributed by atoms with E-state index in [0.717, 1.165) is 51.4 Å². The van der Waals surface area contributed by atoms with Crippen LogP contribution in [-0.4, -0.2) is 44.4 Å². The van der Waals surface area contributed by atoms with Crippen molar-refractivity contribution in [1.82, 2.24) is 4.98 Å². The molecule has 144 valence electrons. The standard InChI is InChI=1S/C22H24N4O2/c23-16-20-22(24-9-4-10-26-11-13-27-14-12-26)28-21(25-20)15-18-7-3-6-17-5-1-2-8-19(17)18/h1-3,5-8,24H,4,9-15H2/p+1. The minimum Gasteiger partial charge on any atom is -0.423 e. The number of oxazole rings is 1. The van der Waals surface area contributed by atoms with E-state index >= 15 is 0 Å². The first-order chi connectivity index (χ1) is 13.8. The average Bonchev–Trinajstić information content (AvgIpc) is 3.14. The van der Waals surface area contributed by atoms with E-state index in [-0.39, 0.29) is 0 Å². The molecule has 0 amide bonds. The Morgan fingerprint density at radius 2 is 1.93 bits per heavy atom. The molecule has 0 atom stereocenters. The van der Waals surface area contributed by atoms with Gasteiger partial charge in [-0.2, -0.15) is 5.26 Å². The fourth-order valence-electron chi connectivity index (χ4n) is 3.70. The lowest BCUT2D eigenvalue weighted by atomic mass is 10.0. The van der Waals surface area contributed by atoms with Gasteiger partial charge in [-0.05, 0) is 16.3 Å². The van der Waals surface area contributed by atoms with Gasteiger partial charge in [-0.1, -0.05) is 42.5 Å². The van der Waals surface area contributed by atoms with Gasteiger partial charge in [-0.3, -0.25) is 0 Å². The van der Waals surface area contributed by atoms with Crippen LogP contribution in [0.3, 0.4) is 0 Å². The van der Waals surface area contributed by atoms with Crippen LogP contribution in [-0.2, 0) is 11.2 Å². The Labute approximate surface area is 164 Å². The number of morpholine rings is 1. The number of hydrogen-bond acceptors (Lipinski definition) is 5. The van der Waals surface area contributed by atoms with Gasteiger partial charge in [0, 0.05) is 13.0 Å². The number of hydrogen-bond donors (Lipinski definition) is 2. The highest BCUT2D eigenvalue weighted by Gasteiger charge is 2.16. The minimum atomic E-state index is 0.328. The topological polar surface area (TPSA) is 75.5 Å². The highest BCUT2D eigenvalue weighted by Crippen LogP contribution is 2.23. The Hall–Kier alpha value is -2.88. The van der Waals surface area contributed by atoms with Crippen molar-refractivity contribution in [1.29, 1.82) is 5.26 Å². The van der Waals surface area contributed by atoms with Crippen molar-refractivity contribution < 1.29 is 14.1 Å². The second-order valence-corrected chi connectivity index (χ2v) is 7.10. The average molecular weight is 377 g/mol. The van der Waals surface area contributed by atoms with Crippen molar-refractivity contribution in [2.24, 2.45) is 0 Å². The molecule has 1 aliphatic heterocycles. The largest absolute Gasteiger partial charge is 0.423 e. The number of ether oxygens (including phenoxy) is 1. The van der Waals surface area contributed by atoms with Gasteiger partial charge in [0.2, 0.25) is 17.5 Å². The minimum absolute atomic E-state index is 0.328. The summed E-state index contributed by atoms with van der Waals surface area (Å²) in [7, 11) is 0. The van der Waals surface area contributed by atoms with Crippen molar-refractivity contribution in [2.45, 2.75) is 12.8 Å². The number of nitrogens with zero attached hydrogens (tertiary/aromatic N) is 2. The Morgan fingerprint density at radius 1 is 1.11 bits per heavy atom. The third-order valence-electron chi connectivity index (χ3n) is 5.19. The lowest BCUT2D eigenvalue weighted by molar-refractivity contribution is -0.908. The summed E-state index contributed by atoms with van der Waals surface area (Å²) in [6, 6.07) is 16.6. The zero-order valence-electron chi connectivity index (χ0n) is 15.9. The van der Waals surface area contributed by atoms with Crippen molar-refractivity contribution in [2.75, 3.05) is 44.7 Å². The van der Waals surface area contributed by atoms with E-state index < -0.39 is 0 Å². The molecule has 6 nitrogen and oxygen atoms in total. The predicted octanol–water partition coefficient (Wildman–Crippen LogP) is 2.01. The van der Waals surface area contributed by atoms with Gasteiger partial charge < -0.3 is 19.4 Å². The summed E-state index contributed by atoms with van der Waals surface area (Å²) in [5, 5.41) is 15.0. The molecule has 4 rings (SSSR count). The zero-order valence-corrected chi connectivity index (χ0v) is 15.9. The van der Waals surface area contributed by atoms with E-state index in [2.05, 4.69) is 40.6 Å². The number of quaternary nitrogens is 1. The van der Waals surface area contributed by atoms with Gasteiger partial charge in [0.05, 0.1) is 26.2 Å². The Balaban J connectivity index is 1.39. The first kappa shape index (κ1) is 18.5. The van der Waals surface area contributed by atoms with Crippen molar-refractivity contribution in [3.05, 3.63) is 59.6 Å². The summed E-state index contributed by atoms with van der Waals surface area (Å²) in [4.78, 5) is 5.96. The van der Waals surface area contributed by atoms with E-state index in [1.54, 1.807) is 4.90 Å². The van der Waals surface area contributed by atoms with Crippen molar-refractivity contribution in [3.63, 3.8) is 0 Å². The Kier molecular flexibility index (Phi) is 5.86. The van der Waals surface area contributed by atoms with Gasteiger partial charge in [-0.15, -0.1) is 0 Å². The third kappa shape index (κ3) is 4.33. The second kappa shape index (κ2) is 8.87. The molecule has 1 fully saturated rings. The fourth-order valence-corrected chi connectivity index (χ4v) is 3.70. The van der Waals surface area contributed by atoms with E-state index in [4.69, 9.17) is 9.15 Å². The molecule has 1 saturated heterocycles. The van der Waals surface area contributed by atoms with Crippen molar-refractivity contribution in [3.8, 4) is 6.07 Å². The molecule has 0 saturated carbocycles. The maximum absolute atomic E-state index is 9.40. The van der Waals surface area contributed by atoms with Crippen LogP contribution in [0.4, 0.5) is 5.88 Å². The van der Waals surface area contributed by atoms with Gasteiger partial charge >= 0.3 is 0 Å². The molecule has 1 aliphatic rings. The molecule has 28 heavy (non-hydrogen) atoms. The summed E-state index contributed by atoms with van der Waals surface area (Å²) >= 11 is 0. The SMILES string of the molecule is N#Cc1nc(Cc2cccc3ccccc23)oc1NCCC[NH+]1CCOCC1. The van der Waals surface area contributed by atoms with Crippen LogP contribution in [0.5, 0.6) is 0 Å². The quantitative estimate of drug-likeness (QED) is 0.616. The van der Waals surface area contributed by atoms with Crippen LogP contribution in [0, 0.1) is 11.3 Å². The molecule has 6 heteroatoms. The molecule has 0 aliphatic carbocycles. The number of fused-ring (bicyclic) bond motifs is 1. The van der Waals surface area contributed by atoms with E-state index in [0.29, 0.717) is 23.9 Å². The van der Waals surface area contributed by atoms with Crippen LogP contribution in [0.25, 0.3) is 10.8 Å². The third-order valence-corrected chi connectivity index (χ3v) is 5.19. The molecule has 2 aromatic carbocycles. The van der Waals surface area contributed by atoms with Gasteiger partial charge in [0.25, 0.3) is 0 Å². The maximum atomic E-state index is 9.40. The monoisotopic (exact) mass is 377 g/mol. The van der Waals surface area contributed by atoms with Gasteiger partial charge in [0.1, 0.15) is 19.2 Å². The van der Waals surface area contributed by atoms with E-state index in [1.807, 2.05) is 18.2 Å². The van der Waals surface area contributed by atoms with Crippen molar-refractivity contribution >= 4 is 16.7 Å². The number of aromatic nitrogens is 1. The predicted molar refractivity (Wildman–Crippen MR) is 107 cm³/mol. The Bertz CT molecular complexity index is 965. The first-order valence-corrected chi connectivity index (χ1v) is 9.85. The van der Waals surface area contributed by atoms with Crippen LogP contribution >= 0.6 is 0 Å². The summed E-state index contributed by atoms with van der Waals surface area (Å²) < 4.78 is 11.3. The van der Waals surface area contributed by atoms with Crippen LogP contribution in [0.2, 0.25) is 0 Å². The number of nitrogens with one attached hydrogen (secondary N) is 2. The molecule has 2 N–H and O–H groups in total. The van der Waals surface area contributed by atoms with Crippen LogP contribution < -0.4 is 10.2 Å². The van der Waals surface area contributed by atoms with Gasteiger partial charge in [0.15, 0.2) is 0 Å². The zero-order chi connectivity index (χ0) is 19.2. The first-order valence-electron chi connectivity index (χ1n) is 9.85. The summed E-state index contributed by atoms with van der Waals surface area (Å²) in [5.74, 6) is 1.05. The lowest BCUT2D eigenvalue weighted by Crippen LogP contribution is -3.14. The molecule has 0 spiro atoms. The number of benzene rings is 2. The molecule has 3 aromatic rings. The fraction of sp³-hybridized carbons (Fsp3) is 0.364. The smallest absolute Gasteiger partial charge is 0.232 e. The molecule has 0 radical (unpaired) electrons. The Morgan fingerprint density at radius 3 is 2.79 bits per heavy atom. The van der Waals surface area contributed by atoms with Crippen LogP contribution in [0.1, 0.15) is 23.6 Å². The maximum Gasteiger partial charge on any atom is 0.232 e. The molecule has 2 heterocycles. The second-order valence-electron chi connectivity index (χ2n) is 7.10. The molecular weight excluding hydrogens is 352 g/mol. The number of rotatable bonds is 7. The van der Waals surface area contributed by atoms with Crippen LogP contribution in [0.15, 0.2) is 46.9 Å². The van der Waals surface area contributed by atoms with E-state index in [9.17, 15) is 5.26 Å². The molecule has 0 bridgehead atoms.